The number of hydrogen-bond donors (Lipinski definition) is 1. The summed E-state index contributed by atoms with van der Waals surface area (Å²) in [6.45, 7) is 3.50. The summed E-state index contributed by atoms with van der Waals surface area (Å²) >= 11 is 14.9. The van der Waals surface area contributed by atoms with Crippen molar-refractivity contribution in [3.63, 3.8) is 0 Å². The lowest BCUT2D eigenvalue weighted by Crippen LogP contribution is -2.49. The molecular formula is C22H21Cl2IN4O. The molecule has 0 spiro atoms. The van der Waals surface area contributed by atoms with Crippen molar-refractivity contribution < 1.29 is 4.79 Å². The highest BCUT2D eigenvalue weighted by Crippen LogP contribution is 2.33. The van der Waals surface area contributed by atoms with Crippen LogP contribution in [0.4, 0.5) is 5.69 Å². The molecule has 1 N–H and O–H groups in total. The lowest BCUT2D eigenvalue weighted by molar-refractivity contribution is 0.0867. The third-order valence-corrected chi connectivity index (χ3v) is 6.55. The molecule has 1 amide bonds. The van der Waals surface area contributed by atoms with Gasteiger partial charge in [-0.05, 0) is 78.3 Å². The van der Waals surface area contributed by atoms with Crippen LogP contribution in [0.3, 0.4) is 0 Å². The number of rotatable bonds is 4. The highest BCUT2D eigenvalue weighted by molar-refractivity contribution is 14.1. The molecule has 2 heterocycles. The SMILES string of the molecule is Cc1c(C(=O)N(c2ccc(Cl)cc2Cl)N2CCCCC2)n[nH]c1-c1ccc(I)cc1. The van der Waals surface area contributed by atoms with E-state index in [1.54, 1.807) is 23.2 Å². The first-order valence-electron chi connectivity index (χ1n) is 9.81. The van der Waals surface area contributed by atoms with Crippen LogP contribution in [-0.2, 0) is 0 Å². The van der Waals surface area contributed by atoms with Gasteiger partial charge in [-0.25, -0.2) is 10.0 Å². The number of benzene rings is 2. The number of halogens is 3. The van der Waals surface area contributed by atoms with Crippen LogP contribution in [0.5, 0.6) is 0 Å². The quantitative estimate of drug-likeness (QED) is 0.383. The summed E-state index contributed by atoms with van der Waals surface area (Å²) in [5.41, 5.74) is 3.66. The van der Waals surface area contributed by atoms with Crippen molar-refractivity contribution in [2.24, 2.45) is 0 Å². The lowest BCUT2D eigenvalue weighted by atomic mass is 10.1. The molecule has 8 heteroatoms. The summed E-state index contributed by atoms with van der Waals surface area (Å²) in [5.74, 6) is -0.202. The van der Waals surface area contributed by atoms with Gasteiger partial charge in [0.15, 0.2) is 5.69 Å². The molecule has 1 aromatic heterocycles. The zero-order valence-corrected chi connectivity index (χ0v) is 20.1. The van der Waals surface area contributed by atoms with Gasteiger partial charge in [0.25, 0.3) is 5.91 Å². The number of nitrogens with zero attached hydrogens (tertiary/aromatic N) is 3. The molecule has 1 aliphatic rings. The smallest absolute Gasteiger partial charge is 0.277 e. The van der Waals surface area contributed by atoms with Crippen molar-refractivity contribution in [3.8, 4) is 11.3 Å². The predicted octanol–water partition coefficient (Wildman–Crippen LogP) is 6.34. The van der Waals surface area contributed by atoms with E-state index in [4.69, 9.17) is 23.2 Å². The Bertz CT molecular complexity index is 1060. The minimum absolute atomic E-state index is 0.202. The van der Waals surface area contributed by atoms with Gasteiger partial charge in [-0.15, -0.1) is 0 Å². The van der Waals surface area contributed by atoms with Gasteiger partial charge < -0.3 is 0 Å². The van der Waals surface area contributed by atoms with Crippen molar-refractivity contribution in [3.05, 3.63) is 67.3 Å². The molecule has 0 unspecified atom stereocenters. The molecule has 2 aromatic carbocycles. The minimum Gasteiger partial charge on any atom is -0.277 e. The third-order valence-electron chi connectivity index (χ3n) is 5.29. The summed E-state index contributed by atoms with van der Waals surface area (Å²) in [6.07, 6.45) is 3.22. The maximum absolute atomic E-state index is 13.7. The number of aromatic nitrogens is 2. The molecular weight excluding hydrogens is 534 g/mol. The second kappa shape index (κ2) is 9.26. The van der Waals surface area contributed by atoms with Crippen LogP contribution in [0.2, 0.25) is 10.0 Å². The van der Waals surface area contributed by atoms with E-state index in [2.05, 4.69) is 37.8 Å². The first-order valence-corrected chi connectivity index (χ1v) is 11.6. The fourth-order valence-electron chi connectivity index (χ4n) is 3.72. The maximum Gasteiger partial charge on any atom is 0.293 e. The van der Waals surface area contributed by atoms with Gasteiger partial charge in [-0.3, -0.25) is 9.89 Å². The van der Waals surface area contributed by atoms with Gasteiger partial charge in [0, 0.05) is 27.2 Å². The number of hydrazine groups is 1. The van der Waals surface area contributed by atoms with Crippen LogP contribution in [0, 0.1) is 10.5 Å². The number of anilines is 1. The zero-order valence-electron chi connectivity index (χ0n) is 16.5. The summed E-state index contributed by atoms with van der Waals surface area (Å²) in [4.78, 5) is 13.7. The first-order chi connectivity index (χ1) is 14.5. The Morgan fingerprint density at radius 3 is 2.47 bits per heavy atom. The summed E-state index contributed by atoms with van der Waals surface area (Å²) in [5, 5.41) is 12.1. The number of nitrogens with one attached hydrogen (secondary N) is 1. The molecule has 0 bridgehead atoms. The molecule has 0 aliphatic carbocycles. The van der Waals surface area contributed by atoms with E-state index in [9.17, 15) is 4.79 Å². The van der Waals surface area contributed by atoms with E-state index in [0.717, 1.165) is 52.7 Å². The van der Waals surface area contributed by atoms with E-state index in [0.29, 0.717) is 21.4 Å². The predicted molar refractivity (Wildman–Crippen MR) is 130 cm³/mol. The van der Waals surface area contributed by atoms with Gasteiger partial charge in [-0.1, -0.05) is 41.8 Å². The molecule has 0 saturated carbocycles. The van der Waals surface area contributed by atoms with Crippen LogP contribution < -0.4 is 5.01 Å². The lowest BCUT2D eigenvalue weighted by Gasteiger charge is -2.37. The third kappa shape index (κ3) is 4.37. The Labute approximate surface area is 199 Å². The van der Waals surface area contributed by atoms with Crippen molar-refractivity contribution in [2.75, 3.05) is 18.1 Å². The monoisotopic (exact) mass is 554 g/mol. The van der Waals surface area contributed by atoms with Crippen molar-refractivity contribution in [2.45, 2.75) is 26.2 Å². The van der Waals surface area contributed by atoms with Crippen molar-refractivity contribution >= 4 is 57.4 Å². The van der Waals surface area contributed by atoms with E-state index in [1.165, 1.54) is 0 Å². The van der Waals surface area contributed by atoms with E-state index < -0.39 is 0 Å². The molecule has 1 aliphatic heterocycles. The van der Waals surface area contributed by atoms with Crippen LogP contribution in [-0.4, -0.2) is 34.2 Å². The van der Waals surface area contributed by atoms with Crippen molar-refractivity contribution in [1.29, 1.82) is 0 Å². The molecule has 1 saturated heterocycles. The van der Waals surface area contributed by atoms with Crippen LogP contribution in [0.1, 0.15) is 35.3 Å². The Balaban J connectivity index is 1.74. The number of aromatic amines is 1. The average molecular weight is 555 g/mol. The molecule has 4 rings (SSSR count). The number of carbonyl (C=O) groups is 1. The molecule has 30 heavy (non-hydrogen) atoms. The van der Waals surface area contributed by atoms with Gasteiger partial charge >= 0.3 is 0 Å². The number of piperidine rings is 1. The Hall–Kier alpha value is -1.61. The summed E-state index contributed by atoms with van der Waals surface area (Å²) in [6, 6.07) is 13.3. The normalized spacial score (nSPS) is 14.7. The van der Waals surface area contributed by atoms with Gasteiger partial charge in [0.1, 0.15) is 0 Å². The Morgan fingerprint density at radius 2 is 1.80 bits per heavy atom. The molecule has 156 valence electrons. The van der Waals surface area contributed by atoms with E-state index >= 15 is 0 Å². The number of amides is 1. The molecule has 0 radical (unpaired) electrons. The molecule has 0 atom stereocenters. The van der Waals surface area contributed by atoms with Crippen LogP contribution in [0.25, 0.3) is 11.3 Å². The maximum atomic E-state index is 13.7. The average Bonchev–Trinajstić information content (AvgIpc) is 3.12. The molecule has 1 fully saturated rings. The fourth-order valence-corrected chi connectivity index (χ4v) is 4.57. The zero-order chi connectivity index (χ0) is 21.3. The van der Waals surface area contributed by atoms with E-state index in [-0.39, 0.29) is 5.91 Å². The van der Waals surface area contributed by atoms with Crippen LogP contribution in [0.15, 0.2) is 42.5 Å². The standard InChI is InChI=1S/C22H21Cl2IN4O/c1-14-20(15-5-8-17(25)9-6-15)26-27-21(14)22(30)29(28-11-3-2-4-12-28)19-10-7-16(23)13-18(19)24/h5-10,13H,2-4,11-12H2,1H3,(H,26,27). The topological polar surface area (TPSA) is 52.2 Å². The second-order valence-corrected chi connectivity index (χ2v) is 9.40. The highest BCUT2D eigenvalue weighted by atomic mass is 127. The van der Waals surface area contributed by atoms with Crippen LogP contribution >= 0.6 is 45.8 Å². The summed E-state index contributed by atoms with van der Waals surface area (Å²) < 4.78 is 1.15. The largest absolute Gasteiger partial charge is 0.293 e. The molecule has 5 nitrogen and oxygen atoms in total. The Kier molecular flexibility index (Phi) is 6.67. The first kappa shape index (κ1) is 21.6. The van der Waals surface area contributed by atoms with Gasteiger partial charge in [-0.2, -0.15) is 5.10 Å². The van der Waals surface area contributed by atoms with Gasteiger partial charge in [0.05, 0.1) is 16.4 Å². The molecule has 3 aromatic rings. The fraction of sp³-hybridized carbons (Fsp3) is 0.273. The van der Waals surface area contributed by atoms with Gasteiger partial charge in [0.2, 0.25) is 0 Å². The number of H-pyrrole nitrogens is 1. The van der Waals surface area contributed by atoms with Crippen molar-refractivity contribution in [1.82, 2.24) is 15.2 Å². The Morgan fingerprint density at radius 1 is 1.10 bits per heavy atom. The second-order valence-electron chi connectivity index (χ2n) is 7.31. The summed E-state index contributed by atoms with van der Waals surface area (Å²) in [7, 11) is 0. The number of carbonyl (C=O) groups excluding carboxylic acids is 1. The minimum atomic E-state index is -0.202. The van der Waals surface area contributed by atoms with E-state index in [1.807, 2.05) is 31.2 Å². The number of hydrogen-bond acceptors (Lipinski definition) is 3. The highest BCUT2D eigenvalue weighted by Gasteiger charge is 2.31.